The molecule has 90 valence electrons. The molecular weight excluding hydrogens is 289 g/mol. The van der Waals surface area contributed by atoms with Crippen LogP contribution in [-0.4, -0.2) is 29.0 Å². The maximum absolute atomic E-state index is 5.87. The van der Waals surface area contributed by atoms with Crippen molar-refractivity contribution in [3.63, 3.8) is 0 Å². The summed E-state index contributed by atoms with van der Waals surface area (Å²) in [5, 5.41) is 0. The van der Waals surface area contributed by atoms with Crippen molar-refractivity contribution >= 4 is 28.3 Å². The Kier molecular flexibility index (Phi) is 5.69. The number of piperidine rings is 1. The molecule has 0 saturated carbocycles. The molecule has 1 aliphatic rings. The summed E-state index contributed by atoms with van der Waals surface area (Å²) in [6.45, 7) is 3.23. The van der Waals surface area contributed by atoms with Gasteiger partial charge in [0, 0.05) is 18.8 Å². The smallest absolute Gasteiger partial charge is 0.106 e. The van der Waals surface area contributed by atoms with Gasteiger partial charge in [0.1, 0.15) is 4.60 Å². The minimum atomic E-state index is 0. The highest BCUT2D eigenvalue weighted by atomic mass is 79.9. The van der Waals surface area contributed by atoms with E-state index in [1.54, 1.807) is 0 Å². The normalized spacial score (nSPS) is 18.1. The van der Waals surface area contributed by atoms with Crippen molar-refractivity contribution in [2.45, 2.75) is 25.4 Å². The summed E-state index contributed by atoms with van der Waals surface area (Å²) in [5.41, 5.74) is 7.18. The molecule has 2 rings (SSSR count). The lowest BCUT2D eigenvalue weighted by atomic mass is 10.1. The Balaban J connectivity index is 0.00000128. The highest BCUT2D eigenvalue weighted by Gasteiger charge is 2.15. The SMILES string of the molecule is Cl.NC1CCN(Cc2ccnc(Br)c2)CC1. The highest BCUT2D eigenvalue weighted by molar-refractivity contribution is 9.10. The zero-order chi connectivity index (χ0) is 10.7. The summed E-state index contributed by atoms with van der Waals surface area (Å²) in [7, 11) is 0. The minimum Gasteiger partial charge on any atom is -0.328 e. The summed E-state index contributed by atoms with van der Waals surface area (Å²) in [6.07, 6.45) is 4.08. The van der Waals surface area contributed by atoms with Gasteiger partial charge in [-0.3, -0.25) is 4.90 Å². The number of aromatic nitrogens is 1. The molecule has 1 aromatic heterocycles. The van der Waals surface area contributed by atoms with Crippen LogP contribution in [-0.2, 0) is 6.54 Å². The van der Waals surface area contributed by atoms with Crippen molar-refractivity contribution in [3.8, 4) is 0 Å². The fraction of sp³-hybridized carbons (Fsp3) is 0.545. The highest BCUT2D eigenvalue weighted by Crippen LogP contribution is 2.14. The van der Waals surface area contributed by atoms with Crippen LogP contribution in [0.25, 0.3) is 0 Å². The van der Waals surface area contributed by atoms with E-state index in [9.17, 15) is 0 Å². The lowest BCUT2D eigenvalue weighted by molar-refractivity contribution is 0.205. The van der Waals surface area contributed by atoms with E-state index >= 15 is 0 Å². The van der Waals surface area contributed by atoms with E-state index in [1.807, 2.05) is 6.20 Å². The van der Waals surface area contributed by atoms with Crippen LogP contribution in [0.2, 0.25) is 0 Å². The van der Waals surface area contributed by atoms with Crippen LogP contribution in [0.4, 0.5) is 0 Å². The van der Waals surface area contributed by atoms with Gasteiger partial charge in [-0.2, -0.15) is 0 Å². The molecule has 0 aliphatic carbocycles. The lowest BCUT2D eigenvalue weighted by Crippen LogP contribution is -2.39. The third-order valence-electron chi connectivity index (χ3n) is 2.83. The first-order valence-corrected chi connectivity index (χ1v) is 6.12. The Morgan fingerprint density at radius 1 is 1.44 bits per heavy atom. The maximum Gasteiger partial charge on any atom is 0.106 e. The van der Waals surface area contributed by atoms with Crippen LogP contribution in [0.15, 0.2) is 22.9 Å². The van der Waals surface area contributed by atoms with Crippen LogP contribution in [0.5, 0.6) is 0 Å². The predicted octanol–water partition coefficient (Wildman–Crippen LogP) is 2.19. The van der Waals surface area contributed by atoms with E-state index in [0.29, 0.717) is 6.04 Å². The molecule has 1 saturated heterocycles. The van der Waals surface area contributed by atoms with Crippen LogP contribution in [0.1, 0.15) is 18.4 Å². The Morgan fingerprint density at radius 3 is 2.75 bits per heavy atom. The minimum absolute atomic E-state index is 0. The largest absolute Gasteiger partial charge is 0.328 e. The Bertz CT molecular complexity index is 327. The summed E-state index contributed by atoms with van der Waals surface area (Å²) >= 11 is 3.39. The molecule has 16 heavy (non-hydrogen) atoms. The van der Waals surface area contributed by atoms with E-state index in [4.69, 9.17) is 5.73 Å². The van der Waals surface area contributed by atoms with E-state index in [-0.39, 0.29) is 12.4 Å². The Morgan fingerprint density at radius 2 is 2.12 bits per heavy atom. The molecule has 0 bridgehead atoms. The molecule has 1 aliphatic heterocycles. The van der Waals surface area contributed by atoms with Gasteiger partial charge in [0.05, 0.1) is 0 Å². The molecule has 0 amide bonds. The van der Waals surface area contributed by atoms with Crippen molar-refractivity contribution < 1.29 is 0 Å². The zero-order valence-corrected chi connectivity index (χ0v) is 11.5. The van der Waals surface area contributed by atoms with E-state index in [2.05, 4.69) is 37.9 Å². The third-order valence-corrected chi connectivity index (χ3v) is 3.26. The summed E-state index contributed by atoms with van der Waals surface area (Å²) < 4.78 is 0.911. The monoisotopic (exact) mass is 305 g/mol. The van der Waals surface area contributed by atoms with Crippen molar-refractivity contribution in [3.05, 3.63) is 28.5 Å². The molecule has 0 aromatic carbocycles. The second kappa shape index (κ2) is 6.55. The Hall–Kier alpha value is -0.160. The van der Waals surface area contributed by atoms with Gasteiger partial charge >= 0.3 is 0 Å². The van der Waals surface area contributed by atoms with Gasteiger partial charge in [-0.15, -0.1) is 12.4 Å². The summed E-state index contributed by atoms with van der Waals surface area (Å²) in [6, 6.07) is 4.55. The van der Waals surface area contributed by atoms with Gasteiger partial charge in [0.25, 0.3) is 0 Å². The first-order chi connectivity index (χ1) is 7.24. The van der Waals surface area contributed by atoms with Crippen LogP contribution in [0, 0.1) is 0 Å². The van der Waals surface area contributed by atoms with E-state index < -0.39 is 0 Å². The quantitative estimate of drug-likeness (QED) is 0.852. The molecule has 2 N–H and O–H groups in total. The Labute approximate surface area is 111 Å². The number of pyridine rings is 1. The molecule has 3 nitrogen and oxygen atoms in total. The zero-order valence-electron chi connectivity index (χ0n) is 9.10. The molecular formula is C11H17BrClN3. The third kappa shape index (κ3) is 4.01. The average molecular weight is 307 g/mol. The first kappa shape index (κ1) is 13.9. The molecule has 5 heteroatoms. The van der Waals surface area contributed by atoms with Gasteiger partial charge in [-0.05, 0) is 59.6 Å². The van der Waals surface area contributed by atoms with Crippen molar-refractivity contribution in [2.24, 2.45) is 5.73 Å². The fourth-order valence-corrected chi connectivity index (χ4v) is 2.32. The molecule has 2 heterocycles. The van der Waals surface area contributed by atoms with E-state index in [0.717, 1.165) is 37.1 Å². The van der Waals surface area contributed by atoms with Crippen molar-refractivity contribution in [1.29, 1.82) is 0 Å². The van der Waals surface area contributed by atoms with Gasteiger partial charge < -0.3 is 5.73 Å². The number of hydrogen-bond acceptors (Lipinski definition) is 3. The molecule has 0 unspecified atom stereocenters. The number of nitrogens with two attached hydrogens (primary N) is 1. The second-order valence-electron chi connectivity index (χ2n) is 4.10. The molecule has 0 atom stereocenters. The summed E-state index contributed by atoms with van der Waals surface area (Å²) in [5.74, 6) is 0. The van der Waals surface area contributed by atoms with Crippen molar-refractivity contribution in [1.82, 2.24) is 9.88 Å². The number of nitrogens with zero attached hydrogens (tertiary/aromatic N) is 2. The van der Waals surface area contributed by atoms with Crippen LogP contribution < -0.4 is 5.73 Å². The molecule has 1 fully saturated rings. The molecule has 1 aromatic rings. The topological polar surface area (TPSA) is 42.1 Å². The first-order valence-electron chi connectivity index (χ1n) is 5.32. The van der Waals surface area contributed by atoms with Gasteiger partial charge in [0.15, 0.2) is 0 Å². The maximum atomic E-state index is 5.87. The predicted molar refractivity (Wildman–Crippen MR) is 71.7 cm³/mol. The number of halogens is 2. The van der Waals surface area contributed by atoms with Crippen LogP contribution >= 0.6 is 28.3 Å². The number of hydrogen-bond donors (Lipinski definition) is 1. The van der Waals surface area contributed by atoms with Gasteiger partial charge in [-0.1, -0.05) is 0 Å². The molecule has 0 spiro atoms. The van der Waals surface area contributed by atoms with Crippen molar-refractivity contribution in [2.75, 3.05) is 13.1 Å². The van der Waals surface area contributed by atoms with Crippen LogP contribution in [0.3, 0.4) is 0 Å². The second-order valence-corrected chi connectivity index (χ2v) is 4.91. The molecule has 0 radical (unpaired) electrons. The van der Waals surface area contributed by atoms with Gasteiger partial charge in [-0.25, -0.2) is 4.98 Å². The number of rotatable bonds is 2. The van der Waals surface area contributed by atoms with Gasteiger partial charge in [0.2, 0.25) is 0 Å². The number of likely N-dealkylation sites (tertiary alicyclic amines) is 1. The fourth-order valence-electron chi connectivity index (χ4n) is 1.91. The van der Waals surface area contributed by atoms with E-state index in [1.165, 1.54) is 5.56 Å². The average Bonchev–Trinajstić information content (AvgIpc) is 2.22. The lowest BCUT2D eigenvalue weighted by Gasteiger charge is -2.29. The standard InChI is InChI=1S/C11H16BrN3.ClH/c12-11-7-9(1-4-14-11)8-15-5-2-10(13)3-6-15;/h1,4,7,10H,2-3,5-6,8,13H2;1H. The summed E-state index contributed by atoms with van der Waals surface area (Å²) in [4.78, 5) is 6.57.